The standard InChI is InChI=1S/C15H21N3O3/c1-18(11-6-5-9-16-10-11)15(21)17-13-8-4-2-3-7-12(13)14(19)20/h5-6,9-10,12-13H,2-4,7-8H2,1H3,(H,17,21)(H,19,20). The van der Waals surface area contributed by atoms with Gasteiger partial charge in [0.05, 0.1) is 17.8 Å². The minimum Gasteiger partial charge on any atom is -0.481 e. The van der Waals surface area contributed by atoms with Gasteiger partial charge >= 0.3 is 12.0 Å². The van der Waals surface area contributed by atoms with Gasteiger partial charge in [-0.15, -0.1) is 0 Å². The van der Waals surface area contributed by atoms with Crippen LogP contribution in [0.1, 0.15) is 32.1 Å². The molecule has 1 saturated carbocycles. The first-order valence-electron chi connectivity index (χ1n) is 7.26. The zero-order chi connectivity index (χ0) is 15.2. The maximum atomic E-state index is 12.3. The molecule has 1 heterocycles. The van der Waals surface area contributed by atoms with E-state index < -0.39 is 11.9 Å². The predicted molar refractivity (Wildman–Crippen MR) is 79.2 cm³/mol. The Hall–Kier alpha value is -2.11. The molecule has 0 saturated heterocycles. The zero-order valence-electron chi connectivity index (χ0n) is 12.2. The van der Waals surface area contributed by atoms with E-state index in [-0.39, 0.29) is 12.1 Å². The van der Waals surface area contributed by atoms with E-state index in [0.29, 0.717) is 18.5 Å². The van der Waals surface area contributed by atoms with Crippen LogP contribution in [0.15, 0.2) is 24.5 Å². The largest absolute Gasteiger partial charge is 0.481 e. The number of carbonyl (C=O) groups excluding carboxylic acids is 1. The lowest BCUT2D eigenvalue weighted by atomic mass is 9.95. The number of hydrogen-bond acceptors (Lipinski definition) is 3. The van der Waals surface area contributed by atoms with Gasteiger partial charge in [0.25, 0.3) is 0 Å². The Labute approximate surface area is 124 Å². The first kappa shape index (κ1) is 15.3. The molecular weight excluding hydrogens is 270 g/mol. The van der Waals surface area contributed by atoms with Gasteiger partial charge < -0.3 is 10.4 Å². The third kappa shape index (κ3) is 3.93. The van der Waals surface area contributed by atoms with E-state index in [1.807, 2.05) is 0 Å². The third-order valence-corrected chi connectivity index (χ3v) is 3.98. The highest BCUT2D eigenvalue weighted by atomic mass is 16.4. The van der Waals surface area contributed by atoms with E-state index >= 15 is 0 Å². The fourth-order valence-corrected chi connectivity index (χ4v) is 2.70. The number of carboxylic acids is 1. The molecule has 6 heteroatoms. The van der Waals surface area contributed by atoms with Crippen LogP contribution in [0, 0.1) is 5.92 Å². The topological polar surface area (TPSA) is 82.5 Å². The average Bonchev–Trinajstić information content (AvgIpc) is 2.72. The van der Waals surface area contributed by atoms with Crippen LogP contribution < -0.4 is 10.2 Å². The van der Waals surface area contributed by atoms with E-state index in [1.165, 1.54) is 4.90 Å². The molecule has 21 heavy (non-hydrogen) atoms. The Morgan fingerprint density at radius 3 is 2.76 bits per heavy atom. The van der Waals surface area contributed by atoms with Gasteiger partial charge in [-0.3, -0.25) is 14.7 Å². The lowest BCUT2D eigenvalue weighted by molar-refractivity contribution is -0.142. The van der Waals surface area contributed by atoms with Crippen LogP contribution in [-0.4, -0.2) is 35.2 Å². The molecule has 1 aliphatic rings. The number of aliphatic carboxylic acids is 1. The molecule has 2 atom stereocenters. The van der Waals surface area contributed by atoms with Crippen LogP contribution in [0.3, 0.4) is 0 Å². The SMILES string of the molecule is CN(C(=O)NC1CCCCCC1C(=O)O)c1cccnc1. The van der Waals surface area contributed by atoms with E-state index in [4.69, 9.17) is 0 Å². The Balaban J connectivity index is 2.04. The molecule has 0 aromatic carbocycles. The molecule has 0 radical (unpaired) electrons. The van der Waals surface area contributed by atoms with Crippen molar-refractivity contribution in [3.05, 3.63) is 24.5 Å². The molecular formula is C15H21N3O3. The first-order valence-corrected chi connectivity index (χ1v) is 7.26. The van der Waals surface area contributed by atoms with E-state index in [9.17, 15) is 14.7 Å². The van der Waals surface area contributed by atoms with Gasteiger partial charge in [0.1, 0.15) is 0 Å². The van der Waals surface area contributed by atoms with Crippen molar-refractivity contribution in [1.82, 2.24) is 10.3 Å². The van der Waals surface area contributed by atoms with E-state index in [1.54, 1.807) is 31.6 Å². The Kier molecular flexibility index (Phi) is 5.14. The second-order valence-electron chi connectivity index (χ2n) is 5.41. The second-order valence-corrected chi connectivity index (χ2v) is 5.41. The van der Waals surface area contributed by atoms with Crippen LogP contribution >= 0.6 is 0 Å². The fourth-order valence-electron chi connectivity index (χ4n) is 2.70. The van der Waals surface area contributed by atoms with Gasteiger partial charge in [0.2, 0.25) is 0 Å². The number of carbonyl (C=O) groups is 2. The van der Waals surface area contributed by atoms with Crippen LogP contribution in [0.4, 0.5) is 10.5 Å². The average molecular weight is 291 g/mol. The smallest absolute Gasteiger partial charge is 0.321 e. The Morgan fingerprint density at radius 1 is 1.33 bits per heavy atom. The lowest BCUT2D eigenvalue weighted by Gasteiger charge is -2.26. The van der Waals surface area contributed by atoms with Crippen molar-refractivity contribution in [3.8, 4) is 0 Å². The van der Waals surface area contributed by atoms with Crippen molar-refractivity contribution < 1.29 is 14.7 Å². The number of aromatic nitrogens is 1. The summed E-state index contributed by atoms with van der Waals surface area (Å²) in [5, 5.41) is 12.2. The monoisotopic (exact) mass is 291 g/mol. The summed E-state index contributed by atoms with van der Waals surface area (Å²) in [5.41, 5.74) is 0.676. The number of hydrogen-bond donors (Lipinski definition) is 2. The second kappa shape index (κ2) is 7.06. The van der Waals surface area contributed by atoms with Crippen LogP contribution in [-0.2, 0) is 4.79 Å². The summed E-state index contributed by atoms with van der Waals surface area (Å²) in [7, 11) is 1.65. The molecule has 0 spiro atoms. The van der Waals surface area contributed by atoms with Gasteiger partial charge in [-0.2, -0.15) is 0 Å². The molecule has 0 aliphatic heterocycles. The summed E-state index contributed by atoms with van der Waals surface area (Å²) in [6.07, 6.45) is 7.45. The van der Waals surface area contributed by atoms with Gasteiger partial charge in [-0.05, 0) is 25.0 Å². The summed E-state index contributed by atoms with van der Waals surface area (Å²) in [6, 6.07) is 2.94. The maximum Gasteiger partial charge on any atom is 0.321 e. The van der Waals surface area contributed by atoms with Gasteiger partial charge in [-0.1, -0.05) is 19.3 Å². The quantitative estimate of drug-likeness (QED) is 0.837. The number of nitrogens with zero attached hydrogens (tertiary/aromatic N) is 2. The fraction of sp³-hybridized carbons (Fsp3) is 0.533. The number of amides is 2. The summed E-state index contributed by atoms with van der Waals surface area (Å²) >= 11 is 0. The van der Waals surface area contributed by atoms with Crippen molar-refractivity contribution >= 4 is 17.7 Å². The van der Waals surface area contributed by atoms with Crippen molar-refractivity contribution in [2.24, 2.45) is 5.92 Å². The van der Waals surface area contributed by atoms with Crippen molar-refractivity contribution in [2.45, 2.75) is 38.1 Å². The van der Waals surface area contributed by atoms with Crippen molar-refractivity contribution in [1.29, 1.82) is 0 Å². The van der Waals surface area contributed by atoms with E-state index in [0.717, 1.165) is 19.3 Å². The molecule has 2 amide bonds. The lowest BCUT2D eigenvalue weighted by Crippen LogP contribution is -2.48. The number of anilines is 1. The highest BCUT2D eigenvalue weighted by Gasteiger charge is 2.31. The summed E-state index contributed by atoms with van der Waals surface area (Å²) in [5.74, 6) is -1.33. The third-order valence-electron chi connectivity index (χ3n) is 3.98. The normalized spacial score (nSPS) is 22.1. The van der Waals surface area contributed by atoms with Crippen molar-refractivity contribution in [2.75, 3.05) is 11.9 Å². The highest BCUT2D eigenvalue weighted by molar-refractivity contribution is 5.91. The van der Waals surface area contributed by atoms with Gasteiger partial charge in [-0.25, -0.2) is 4.79 Å². The molecule has 2 rings (SSSR count). The van der Waals surface area contributed by atoms with Crippen LogP contribution in [0.5, 0.6) is 0 Å². The Morgan fingerprint density at radius 2 is 2.10 bits per heavy atom. The molecule has 114 valence electrons. The number of rotatable bonds is 3. The minimum atomic E-state index is -0.828. The molecule has 1 fully saturated rings. The molecule has 6 nitrogen and oxygen atoms in total. The molecule has 1 aromatic rings. The molecule has 2 unspecified atom stereocenters. The number of pyridine rings is 1. The number of urea groups is 1. The number of carboxylic acid groups (broad SMARTS) is 1. The highest BCUT2D eigenvalue weighted by Crippen LogP contribution is 2.24. The van der Waals surface area contributed by atoms with Crippen molar-refractivity contribution in [3.63, 3.8) is 0 Å². The summed E-state index contributed by atoms with van der Waals surface area (Å²) in [4.78, 5) is 29.1. The summed E-state index contributed by atoms with van der Waals surface area (Å²) in [6.45, 7) is 0. The van der Waals surface area contributed by atoms with Gasteiger partial charge in [0.15, 0.2) is 0 Å². The predicted octanol–water partition coefficient (Wildman–Crippen LogP) is 2.26. The number of nitrogens with one attached hydrogen (secondary N) is 1. The molecule has 1 aliphatic carbocycles. The first-order chi connectivity index (χ1) is 10.1. The van der Waals surface area contributed by atoms with Crippen LogP contribution in [0.25, 0.3) is 0 Å². The summed E-state index contributed by atoms with van der Waals surface area (Å²) < 4.78 is 0. The van der Waals surface area contributed by atoms with Gasteiger partial charge in [0, 0.05) is 19.3 Å². The van der Waals surface area contributed by atoms with E-state index in [2.05, 4.69) is 10.3 Å². The van der Waals surface area contributed by atoms with Crippen LogP contribution in [0.2, 0.25) is 0 Å². The molecule has 0 bridgehead atoms. The molecule has 1 aromatic heterocycles. The minimum absolute atomic E-state index is 0.291. The maximum absolute atomic E-state index is 12.3. The Bertz CT molecular complexity index is 492. The zero-order valence-corrected chi connectivity index (χ0v) is 12.2. The molecule has 2 N–H and O–H groups in total.